The zero-order valence-electron chi connectivity index (χ0n) is 12.0. The Morgan fingerprint density at radius 3 is 2.29 bits per heavy atom. The molecule has 1 N–H and O–H groups in total. The van der Waals surface area contributed by atoms with E-state index >= 15 is 0 Å². The van der Waals surface area contributed by atoms with Crippen molar-refractivity contribution < 1.29 is 9.53 Å². The van der Waals surface area contributed by atoms with Crippen LogP contribution in [0.4, 0.5) is 5.69 Å². The molecule has 0 aliphatic heterocycles. The molecular weight excluding hydrogens is 286 g/mol. The van der Waals surface area contributed by atoms with Crippen LogP contribution in [-0.2, 0) is 9.53 Å². The van der Waals surface area contributed by atoms with Gasteiger partial charge in [-0.25, -0.2) is 0 Å². The van der Waals surface area contributed by atoms with Crippen LogP contribution in [0.5, 0.6) is 0 Å². The van der Waals surface area contributed by atoms with Gasteiger partial charge in [0.2, 0.25) is 0 Å². The fourth-order valence-corrected chi connectivity index (χ4v) is 2.33. The molecular formula is C17H18ClNO2. The normalized spacial score (nSPS) is 13.3. The summed E-state index contributed by atoms with van der Waals surface area (Å²) in [7, 11) is 1.41. The molecule has 0 heterocycles. The zero-order chi connectivity index (χ0) is 15.2. The van der Waals surface area contributed by atoms with Crippen LogP contribution in [0.15, 0.2) is 54.6 Å². The minimum Gasteiger partial charge on any atom is -0.469 e. The van der Waals surface area contributed by atoms with E-state index in [0.29, 0.717) is 5.02 Å². The molecule has 4 heteroatoms. The van der Waals surface area contributed by atoms with Gasteiger partial charge in [0, 0.05) is 10.7 Å². The number of benzene rings is 2. The summed E-state index contributed by atoms with van der Waals surface area (Å²) in [5.74, 6) is -0.557. The van der Waals surface area contributed by atoms with Crippen molar-refractivity contribution in [3.8, 4) is 0 Å². The number of carbonyl (C=O) groups is 1. The van der Waals surface area contributed by atoms with Gasteiger partial charge in [0.25, 0.3) is 0 Å². The molecule has 0 saturated heterocycles. The molecule has 2 rings (SSSR count). The third-order valence-electron chi connectivity index (χ3n) is 3.40. The predicted molar refractivity (Wildman–Crippen MR) is 85.4 cm³/mol. The number of ether oxygens (including phenoxy) is 1. The van der Waals surface area contributed by atoms with E-state index in [-0.39, 0.29) is 17.9 Å². The number of halogens is 1. The lowest BCUT2D eigenvalue weighted by Gasteiger charge is -2.25. The summed E-state index contributed by atoms with van der Waals surface area (Å²) in [4.78, 5) is 11.9. The van der Waals surface area contributed by atoms with Crippen LogP contribution in [0.2, 0.25) is 5.02 Å². The van der Waals surface area contributed by atoms with Gasteiger partial charge >= 0.3 is 5.97 Å². The molecule has 0 aromatic heterocycles. The van der Waals surface area contributed by atoms with Gasteiger partial charge in [-0.05, 0) is 36.8 Å². The number of esters is 1. The van der Waals surface area contributed by atoms with E-state index in [1.807, 2.05) is 61.5 Å². The Hall–Kier alpha value is -2.00. The second-order valence-corrected chi connectivity index (χ2v) is 5.29. The van der Waals surface area contributed by atoms with E-state index in [9.17, 15) is 4.79 Å². The number of methoxy groups -OCH3 is 1. The van der Waals surface area contributed by atoms with Gasteiger partial charge in [0.1, 0.15) is 0 Å². The van der Waals surface area contributed by atoms with E-state index in [2.05, 4.69) is 5.32 Å². The molecule has 0 saturated carbocycles. The highest BCUT2D eigenvalue weighted by Gasteiger charge is 2.26. The Morgan fingerprint density at radius 1 is 1.10 bits per heavy atom. The maximum absolute atomic E-state index is 11.9. The minimum absolute atomic E-state index is 0.167. The maximum atomic E-state index is 11.9. The second kappa shape index (κ2) is 7.14. The van der Waals surface area contributed by atoms with Crippen LogP contribution >= 0.6 is 11.6 Å². The van der Waals surface area contributed by atoms with Crippen molar-refractivity contribution in [1.29, 1.82) is 0 Å². The topological polar surface area (TPSA) is 38.3 Å². The lowest BCUT2D eigenvalue weighted by Crippen LogP contribution is -2.26. The van der Waals surface area contributed by atoms with Crippen LogP contribution in [0, 0.1) is 5.92 Å². The van der Waals surface area contributed by atoms with Gasteiger partial charge < -0.3 is 10.1 Å². The third kappa shape index (κ3) is 3.99. The van der Waals surface area contributed by atoms with Crippen LogP contribution in [0.3, 0.4) is 0 Å². The highest BCUT2D eigenvalue weighted by molar-refractivity contribution is 6.30. The number of anilines is 1. The van der Waals surface area contributed by atoms with Gasteiger partial charge in [-0.2, -0.15) is 0 Å². The fourth-order valence-electron chi connectivity index (χ4n) is 2.21. The minimum atomic E-state index is -0.312. The molecule has 0 amide bonds. The van der Waals surface area contributed by atoms with Gasteiger partial charge in [0.15, 0.2) is 0 Å². The molecule has 2 aromatic rings. The predicted octanol–water partition coefficient (Wildman–Crippen LogP) is 4.30. The monoisotopic (exact) mass is 303 g/mol. The molecule has 21 heavy (non-hydrogen) atoms. The first kappa shape index (κ1) is 15.4. The summed E-state index contributed by atoms with van der Waals surface area (Å²) < 4.78 is 4.87. The summed E-state index contributed by atoms with van der Waals surface area (Å²) in [5.41, 5.74) is 1.94. The molecule has 0 radical (unpaired) electrons. The van der Waals surface area contributed by atoms with Gasteiger partial charge in [-0.3, -0.25) is 4.79 Å². The van der Waals surface area contributed by atoms with Gasteiger partial charge in [0.05, 0.1) is 19.1 Å². The van der Waals surface area contributed by atoms with Crippen molar-refractivity contribution in [2.24, 2.45) is 5.92 Å². The average Bonchev–Trinajstić information content (AvgIpc) is 2.53. The van der Waals surface area contributed by atoms with Crippen LogP contribution in [0.1, 0.15) is 18.5 Å². The van der Waals surface area contributed by atoms with E-state index in [1.54, 1.807) is 0 Å². The number of nitrogens with one attached hydrogen (secondary N) is 1. The molecule has 2 atom stereocenters. The standard InChI is InChI=1S/C17H18ClNO2/c1-12(17(20)21-2)16(13-6-4-3-5-7-13)19-15-10-8-14(18)9-11-15/h3-12,16,19H,1-2H3/t12-,16-/m1/s1. The van der Waals surface area contributed by atoms with Crippen LogP contribution in [0.25, 0.3) is 0 Å². The third-order valence-corrected chi connectivity index (χ3v) is 3.65. The summed E-state index contributed by atoms with van der Waals surface area (Å²) in [5, 5.41) is 4.06. The van der Waals surface area contributed by atoms with E-state index in [4.69, 9.17) is 16.3 Å². The van der Waals surface area contributed by atoms with Crippen molar-refractivity contribution >= 4 is 23.3 Å². The van der Waals surface area contributed by atoms with Crippen molar-refractivity contribution in [2.45, 2.75) is 13.0 Å². The number of hydrogen-bond acceptors (Lipinski definition) is 3. The first-order valence-corrected chi connectivity index (χ1v) is 7.14. The average molecular weight is 304 g/mol. The molecule has 0 spiro atoms. The highest BCUT2D eigenvalue weighted by atomic mass is 35.5. The molecule has 3 nitrogen and oxygen atoms in total. The molecule has 0 bridgehead atoms. The Bertz CT molecular complexity index is 583. The lowest BCUT2D eigenvalue weighted by molar-refractivity contribution is -0.145. The van der Waals surface area contributed by atoms with E-state index in [1.165, 1.54) is 7.11 Å². The molecule has 0 fully saturated rings. The first-order valence-electron chi connectivity index (χ1n) is 6.76. The summed E-state index contributed by atoms with van der Waals surface area (Å²) in [6.07, 6.45) is 0. The Kier molecular flexibility index (Phi) is 5.23. The van der Waals surface area contributed by atoms with E-state index in [0.717, 1.165) is 11.3 Å². The Morgan fingerprint density at radius 2 is 1.71 bits per heavy atom. The molecule has 0 unspecified atom stereocenters. The van der Waals surface area contributed by atoms with Crippen molar-refractivity contribution in [2.75, 3.05) is 12.4 Å². The van der Waals surface area contributed by atoms with Gasteiger partial charge in [-0.1, -0.05) is 41.9 Å². The number of rotatable bonds is 5. The second-order valence-electron chi connectivity index (χ2n) is 4.85. The highest BCUT2D eigenvalue weighted by Crippen LogP contribution is 2.28. The molecule has 0 aliphatic rings. The molecule has 0 aliphatic carbocycles. The Balaban J connectivity index is 2.27. The van der Waals surface area contributed by atoms with E-state index < -0.39 is 0 Å². The van der Waals surface area contributed by atoms with Crippen molar-refractivity contribution in [3.63, 3.8) is 0 Å². The van der Waals surface area contributed by atoms with Crippen molar-refractivity contribution in [1.82, 2.24) is 0 Å². The quantitative estimate of drug-likeness (QED) is 0.837. The summed E-state index contributed by atoms with van der Waals surface area (Å²) >= 11 is 5.90. The lowest BCUT2D eigenvalue weighted by atomic mass is 9.94. The van der Waals surface area contributed by atoms with Gasteiger partial charge in [-0.15, -0.1) is 0 Å². The Labute approximate surface area is 129 Å². The smallest absolute Gasteiger partial charge is 0.310 e. The van der Waals surface area contributed by atoms with Crippen molar-refractivity contribution in [3.05, 3.63) is 65.2 Å². The van der Waals surface area contributed by atoms with Crippen LogP contribution < -0.4 is 5.32 Å². The molecule has 2 aromatic carbocycles. The zero-order valence-corrected chi connectivity index (χ0v) is 12.8. The summed E-state index contributed by atoms with van der Waals surface area (Å²) in [6, 6.07) is 17.1. The summed E-state index contributed by atoms with van der Waals surface area (Å²) in [6.45, 7) is 1.85. The maximum Gasteiger partial charge on any atom is 0.310 e. The largest absolute Gasteiger partial charge is 0.469 e. The SMILES string of the molecule is COC(=O)[C@H](C)[C@@H](Nc1ccc(Cl)cc1)c1ccccc1. The number of hydrogen-bond donors (Lipinski definition) is 1. The first-order chi connectivity index (χ1) is 10.1. The van der Waals surface area contributed by atoms with Crippen LogP contribution in [-0.4, -0.2) is 13.1 Å². The fraction of sp³-hybridized carbons (Fsp3) is 0.235. The molecule has 110 valence electrons. The number of carbonyl (C=O) groups excluding carboxylic acids is 1.